The van der Waals surface area contributed by atoms with Crippen molar-refractivity contribution in [2.45, 2.75) is 19.4 Å². The molecule has 0 fully saturated rings. The normalized spacial score (nSPS) is 10.8. The number of nitrogens with one attached hydrogen (secondary N) is 1. The number of amides is 1. The van der Waals surface area contributed by atoms with Gasteiger partial charge in [-0.05, 0) is 29.8 Å². The lowest BCUT2D eigenvalue weighted by atomic mass is 10.2. The molecule has 0 aliphatic carbocycles. The molecule has 0 bridgehead atoms. The number of aromatic nitrogens is 5. The van der Waals surface area contributed by atoms with Gasteiger partial charge in [-0.25, -0.2) is 4.79 Å². The van der Waals surface area contributed by atoms with Crippen molar-refractivity contribution in [2.24, 2.45) is 7.05 Å². The van der Waals surface area contributed by atoms with Crippen molar-refractivity contribution in [3.63, 3.8) is 0 Å². The smallest absolute Gasteiger partial charge is 0.351 e. The van der Waals surface area contributed by atoms with Crippen LogP contribution in [0.4, 0.5) is 0 Å². The van der Waals surface area contributed by atoms with Gasteiger partial charge in [-0.1, -0.05) is 47.1 Å². The summed E-state index contributed by atoms with van der Waals surface area (Å²) in [5, 5.41) is 11.3. The highest BCUT2D eigenvalue weighted by Gasteiger charge is 2.19. The summed E-state index contributed by atoms with van der Waals surface area (Å²) < 4.78 is 7.20. The predicted octanol–water partition coefficient (Wildman–Crippen LogP) is 1.88. The van der Waals surface area contributed by atoms with Gasteiger partial charge in [-0.3, -0.25) is 14.2 Å². The summed E-state index contributed by atoms with van der Waals surface area (Å²) in [6.07, 6.45) is 0.282. The van der Waals surface area contributed by atoms with Crippen LogP contribution in [0.1, 0.15) is 17.9 Å². The number of hydrogen-bond donors (Lipinski definition) is 1. The molecule has 2 aromatic carbocycles. The molecule has 11 heteroatoms. The van der Waals surface area contributed by atoms with Crippen molar-refractivity contribution >= 4 is 17.5 Å². The molecular formula is C22H19ClN6O4. The number of halogens is 1. The summed E-state index contributed by atoms with van der Waals surface area (Å²) in [5.74, 6) is -0.0970. The minimum Gasteiger partial charge on any atom is -0.352 e. The van der Waals surface area contributed by atoms with E-state index in [1.165, 1.54) is 7.05 Å². The van der Waals surface area contributed by atoms with Gasteiger partial charge in [0.1, 0.15) is 0 Å². The lowest BCUT2D eigenvalue weighted by molar-refractivity contribution is -0.121. The van der Waals surface area contributed by atoms with Crippen molar-refractivity contribution in [2.75, 3.05) is 0 Å². The quantitative estimate of drug-likeness (QED) is 0.440. The van der Waals surface area contributed by atoms with Crippen LogP contribution >= 0.6 is 11.6 Å². The fourth-order valence-corrected chi connectivity index (χ4v) is 3.27. The average molecular weight is 467 g/mol. The fraction of sp³-hybridized carbons (Fsp3) is 0.182. The van der Waals surface area contributed by atoms with Crippen LogP contribution in [0.15, 0.2) is 68.7 Å². The summed E-state index contributed by atoms with van der Waals surface area (Å²) >= 11 is 5.94. The van der Waals surface area contributed by atoms with Crippen molar-refractivity contribution in [3.8, 4) is 17.2 Å². The van der Waals surface area contributed by atoms with Crippen LogP contribution in [0, 0.1) is 0 Å². The third kappa shape index (κ3) is 5.07. The lowest BCUT2D eigenvalue weighted by Gasteiger charge is -2.07. The molecule has 10 nitrogen and oxygen atoms in total. The molecule has 0 atom stereocenters. The van der Waals surface area contributed by atoms with Gasteiger partial charge in [0.2, 0.25) is 17.6 Å². The van der Waals surface area contributed by atoms with Gasteiger partial charge in [0.25, 0.3) is 5.56 Å². The number of nitrogens with zero attached hydrogens (tertiary/aromatic N) is 5. The molecular weight excluding hydrogens is 448 g/mol. The molecule has 33 heavy (non-hydrogen) atoms. The fourth-order valence-electron chi connectivity index (χ4n) is 3.06. The molecule has 2 heterocycles. The molecule has 0 aliphatic rings. The third-order valence-corrected chi connectivity index (χ3v) is 5.04. The second-order valence-corrected chi connectivity index (χ2v) is 7.60. The topological polar surface area (TPSA) is 125 Å². The van der Waals surface area contributed by atoms with Crippen molar-refractivity contribution in [1.82, 2.24) is 29.8 Å². The molecule has 0 saturated heterocycles. The maximum atomic E-state index is 12.6. The standard InChI is InChI=1S/C22H19ClN6O4/c1-28-21(31)19(26-29(22(28)32)16-8-3-2-4-9-16)20-25-18(33-27-20)11-10-17(30)24-13-14-6-5-7-15(23)12-14/h2-9,12H,10-11,13H2,1H3,(H,24,30). The van der Waals surface area contributed by atoms with Gasteiger partial charge >= 0.3 is 5.69 Å². The first kappa shape index (κ1) is 22.2. The Hall–Kier alpha value is -4.05. The van der Waals surface area contributed by atoms with E-state index in [0.717, 1.165) is 14.8 Å². The molecule has 4 aromatic rings. The summed E-state index contributed by atoms with van der Waals surface area (Å²) in [6, 6.07) is 15.9. The number of carbonyl (C=O) groups is 1. The molecule has 0 spiro atoms. The monoisotopic (exact) mass is 466 g/mol. The Labute approximate surface area is 192 Å². The molecule has 0 saturated carbocycles. The molecule has 0 unspecified atom stereocenters. The highest BCUT2D eigenvalue weighted by Crippen LogP contribution is 2.12. The molecule has 4 rings (SSSR count). The molecule has 1 amide bonds. The summed E-state index contributed by atoms with van der Waals surface area (Å²) in [4.78, 5) is 41.4. The van der Waals surface area contributed by atoms with E-state index in [1.807, 2.05) is 12.1 Å². The van der Waals surface area contributed by atoms with E-state index in [4.69, 9.17) is 16.1 Å². The largest absolute Gasteiger partial charge is 0.352 e. The van der Waals surface area contributed by atoms with Gasteiger partial charge in [-0.15, -0.1) is 0 Å². The molecule has 0 radical (unpaired) electrons. The number of carbonyl (C=O) groups excluding carboxylic acids is 1. The van der Waals surface area contributed by atoms with E-state index in [2.05, 4.69) is 20.6 Å². The summed E-state index contributed by atoms with van der Waals surface area (Å²) in [7, 11) is 1.35. The zero-order valence-electron chi connectivity index (χ0n) is 17.6. The van der Waals surface area contributed by atoms with E-state index < -0.39 is 11.2 Å². The third-order valence-electron chi connectivity index (χ3n) is 4.80. The van der Waals surface area contributed by atoms with Crippen LogP contribution in [-0.2, 0) is 24.8 Å². The maximum Gasteiger partial charge on any atom is 0.351 e. The first-order valence-corrected chi connectivity index (χ1v) is 10.4. The highest BCUT2D eigenvalue weighted by molar-refractivity contribution is 6.30. The first-order valence-electron chi connectivity index (χ1n) is 10.0. The van der Waals surface area contributed by atoms with Crippen molar-refractivity contribution in [3.05, 3.63) is 91.9 Å². The molecule has 2 aromatic heterocycles. The Morgan fingerprint density at radius 3 is 2.67 bits per heavy atom. The van der Waals surface area contributed by atoms with Crippen LogP contribution in [0.3, 0.4) is 0 Å². The first-order chi connectivity index (χ1) is 15.9. The van der Waals surface area contributed by atoms with Gasteiger partial charge < -0.3 is 9.84 Å². The Morgan fingerprint density at radius 1 is 1.12 bits per heavy atom. The van der Waals surface area contributed by atoms with E-state index in [0.29, 0.717) is 17.3 Å². The van der Waals surface area contributed by atoms with Gasteiger partial charge in [0, 0.05) is 31.5 Å². The maximum absolute atomic E-state index is 12.6. The number of benzene rings is 2. The Bertz CT molecular complexity index is 1410. The van der Waals surface area contributed by atoms with Crippen LogP contribution in [0.2, 0.25) is 5.02 Å². The van der Waals surface area contributed by atoms with E-state index >= 15 is 0 Å². The second kappa shape index (κ2) is 9.61. The SMILES string of the molecule is Cn1c(=O)c(-c2noc(CCC(=O)NCc3cccc(Cl)c3)n2)nn(-c2ccccc2)c1=O. The van der Waals surface area contributed by atoms with Crippen LogP contribution in [0.25, 0.3) is 17.2 Å². The van der Waals surface area contributed by atoms with E-state index in [1.54, 1.807) is 42.5 Å². The number of para-hydroxylation sites is 1. The van der Waals surface area contributed by atoms with Crippen LogP contribution in [-0.4, -0.2) is 30.4 Å². The van der Waals surface area contributed by atoms with Gasteiger partial charge in [0.15, 0.2) is 5.69 Å². The van der Waals surface area contributed by atoms with E-state index in [-0.39, 0.29) is 36.2 Å². The zero-order valence-corrected chi connectivity index (χ0v) is 18.3. The second-order valence-electron chi connectivity index (χ2n) is 7.16. The highest BCUT2D eigenvalue weighted by atomic mass is 35.5. The zero-order chi connectivity index (χ0) is 23.4. The van der Waals surface area contributed by atoms with Gasteiger partial charge in [-0.2, -0.15) is 14.8 Å². The minimum atomic E-state index is -0.654. The summed E-state index contributed by atoms with van der Waals surface area (Å²) in [6.45, 7) is 0.343. The Balaban J connectivity index is 1.47. The van der Waals surface area contributed by atoms with Gasteiger partial charge in [0.05, 0.1) is 5.69 Å². The predicted molar refractivity (Wildman–Crippen MR) is 120 cm³/mol. The van der Waals surface area contributed by atoms with Crippen molar-refractivity contribution < 1.29 is 9.32 Å². The van der Waals surface area contributed by atoms with Crippen molar-refractivity contribution in [1.29, 1.82) is 0 Å². The number of aryl methyl sites for hydroxylation is 1. The Morgan fingerprint density at radius 2 is 1.91 bits per heavy atom. The van der Waals surface area contributed by atoms with Crippen LogP contribution in [0.5, 0.6) is 0 Å². The number of rotatable bonds is 7. The summed E-state index contributed by atoms with van der Waals surface area (Å²) in [5.41, 5.74) is -0.0268. The molecule has 168 valence electrons. The minimum absolute atomic E-state index is 0.0605. The molecule has 1 N–H and O–H groups in total. The number of hydrogen-bond acceptors (Lipinski definition) is 7. The van der Waals surface area contributed by atoms with E-state index in [9.17, 15) is 14.4 Å². The van der Waals surface area contributed by atoms with Crippen LogP contribution < -0.4 is 16.6 Å². The average Bonchev–Trinajstić information content (AvgIpc) is 3.29. The molecule has 0 aliphatic heterocycles. The Kier molecular flexibility index (Phi) is 6.45. The lowest BCUT2D eigenvalue weighted by Crippen LogP contribution is -2.40.